The second kappa shape index (κ2) is 5.65. The number of rotatable bonds is 2. The zero-order valence-corrected chi connectivity index (χ0v) is 12.3. The van der Waals surface area contributed by atoms with Crippen LogP contribution in [-0.2, 0) is 0 Å². The van der Waals surface area contributed by atoms with Crippen molar-refractivity contribution in [2.24, 2.45) is 10.7 Å². The van der Waals surface area contributed by atoms with Crippen molar-refractivity contribution in [2.75, 3.05) is 12.8 Å². The van der Waals surface area contributed by atoms with E-state index in [4.69, 9.17) is 11.5 Å². The highest BCUT2D eigenvalue weighted by atomic mass is 19.1. The van der Waals surface area contributed by atoms with E-state index in [1.165, 1.54) is 24.4 Å². The van der Waals surface area contributed by atoms with Crippen LogP contribution in [0.3, 0.4) is 0 Å². The maximum atomic E-state index is 14.1. The molecule has 0 fully saturated rings. The number of hydrogen-bond donors (Lipinski definition) is 3. The summed E-state index contributed by atoms with van der Waals surface area (Å²) >= 11 is 0. The molecule has 0 aromatic carbocycles. The number of anilines is 1. The molecule has 0 amide bonds. The highest BCUT2D eigenvalue weighted by Gasteiger charge is 2.21. The molecule has 0 spiro atoms. The number of aromatic nitrogens is 2. The summed E-state index contributed by atoms with van der Waals surface area (Å²) in [6, 6.07) is 4.43. The summed E-state index contributed by atoms with van der Waals surface area (Å²) in [6.07, 6.45) is 4.04. The first-order valence-corrected chi connectivity index (χ1v) is 6.81. The third-order valence-electron chi connectivity index (χ3n) is 3.56. The monoisotopic (exact) mass is 314 g/mol. The van der Waals surface area contributed by atoms with Crippen LogP contribution in [0.4, 0.5) is 10.2 Å². The van der Waals surface area contributed by atoms with Gasteiger partial charge in [-0.3, -0.25) is 10.7 Å². The highest BCUT2D eigenvalue weighted by molar-refractivity contribution is 5.86. The lowest BCUT2D eigenvalue weighted by Gasteiger charge is -2.28. The van der Waals surface area contributed by atoms with Crippen molar-refractivity contribution in [2.45, 2.75) is 6.29 Å². The molecule has 0 radical (unpaired) electrons. The molecule has 0 saturated carbocycles. The van der Waals surface area contributed by atoms with E-state index in [0.29, 0.717) is 11.4 Å². The highest BCUT2D eigenvalue weighted by Crippen LogP contribution is 2.31. The average molecular weight is 314 g/mol. The maximum Gasteiger partial charge on any atom is 0.174 e. The molecular formula is C15H15FN6O. The molecule has 8 heteroatoms. The Kier molecular flexibility index (Phi) is 3.67. The minimum absolute atomic E-state index is 0.0446. The van der Waals surface area contributed by atoms with Gasteiger partial charge in [0, 0.05) is 25.0 Å². The normalized spacial score (nSPS) is 17.3. The van der Waals surface area contributed by atoms with Crippen molar-refractivity contribution in [3.8, 4) is 17.0 Å². The van der Waals surface area contributed by atoms with E-state index in [-0.39, 0.29) is 22.8 Å². The predicted molar refractivity (Wildman–Crippen MR) is 85.7 cm³/mol. The number of aromatic hydroxyl groups is 1. The first-order valence-electron chi connectivity index (χ1n) is 6.81. The Morgan fingerprint density at radius 3 is 2.87 bits per heavy atom. The van der Waals surface area contributed by atoms with Crippen LogP contribution in [0.25, 0.3) is 17.0 Å². The fourth-order valence-corrected chi connectivity index (χ4v) is 2.26. The van der Waals surface area contributed by atoms with Crippen LogP contribution in [0, 0.1) is 5.82 Å². The van der Waals surface area contributed by atoms with Crippen molar-refractivity contribution >= 4 is 17.7 Å². The third kappa shape index (κ3) is 2.59. The van der Waals surface area contributed by atoms with Gasteiger partial charge in [-0.1, -0.05) is 0 Å². The number of nitrogens with zero attached hydrogens (tertiary/aromatic N) is 4. The Labute approximate surface area is 131 Å². The zero-order valence-electron chi connectivity index (χ0n) is 12.3. The summed E-state index contributed by atoms with van der Waals surface area (Å²) in [5.41, 5.74) is 12.7. The lowest BCUT2D eigenvalue weighted by atomic mass is 10.1. The summed E-state index contributed by atoms with van der Waals surface area (Å²) in [7, 11) is 1.73. The average Bonchev–Trinajstić information content (AvgIpc) is 2.54. The van der Waals surface area contributed by atoms with E-state index in [9.17, 15) is 9.50 Å². The number of nitrogens with two attached hydrogens (primary N) is 2. The molecule has 2 aromatic rings. The standard InChI is InChI=1S/C15H15FN6O/c1-22-10(5-7-20-15(22)18)13-11(23)3-2-9(21-13)8-4-6-19-14(17)12(8)16/h2-7,15,23H,18H2,1H3,(H2,17,19). The molecule has 5 N–H and O–H groups in total. The molecule has 2 aromatic heterocycles. The van der Waals surface area contributed by atoms with E-state index in [2.05, 4.69) is 15.0 Å². The molecule has 1 unspecified atom stereocenters. The molecule has 0 bridgehead atoms. The molecule has 1 atom stereocenters. The summed E-state index contributed by atoms with van der Waals surface area (Å²) in [4.78, 5) is 13.7. The maximum absolute atomic E-state index is 14.1. The van der Waals surface area contributed by atoms with Crippen LogP contribution >= 0.6 is 0 Å². The van der Waals surface area contributed by atoms with Gasteiger partial charge in [-0.05, 0) is 24.3 Å². The van der Waals surface area contributed by atoms with Crippen molar-refractivity contribution < 1.29 is 9.50 Å². The Morgan fingerprint density at radius 2 is 2.09 bits per heavy atom. The Hall–Kier alpha value is -3.00. The second-order valence-corrected chi connectivity index (χ2v) is 5.00. The number of halogens is 1. The fourth-order valence-electron chi connectivity index (χ4n) is 2.26. The topological polar surface area (TPSA) is 114 Å². The number of pyridine rings is 2. The van der Waals surface area contributed by atoms with Gasteiger partial charge >= 0.3 is 0 Å². The van der Waals surface area contributed by atoms with Crippen LogP contribution in [0.15, 0.2) is 35.5 Å². The van der Waals surface area contributed by atoms with E-state index in [1.807, 2.05) is 0 Å². The summed E-state index contributed by atoms with van der Waals surface area (Å²) in [6.45, 7) is 0. The quantitative estimate of drug-likeness (QED) is 0.767. The summed E-state index contributed by atoms with van der Waals surface area (Å²) in [5.74, 6) is -0.903. The second-order valence-electron chi connectivity index (χ2n) is 5.00. The van der Waals surface area contributed by atoms with Crippen molar-refractivity contribution in [3.63, 3.8) is 0 Å². The molecule has 1 aliphatic rings. The lowest BCUT2D eigenvalue weighted by Crippen LogP contribution is -2.38. The molecule has 3 heterocycles. The fraction of sp³-hybridized carbons (Fsp3) is 0.133. The van der Waals surface area contributed by atoms with Crippen LogP contribution in [-0.4, -0.2) is 39.5 Å². The Morgan fingerprint density at radius 1 is 1.30 bits per heavy atom. The summed E-state index contributed by atoms with van der Waals surface area (Å²) in [5, 5.41) is 10.1. The van der Waals surface area contributed by atoms with Gasteiger partial charge < -0.3 is 15.7 Å². The molecule has 0 aliphatic carbocycles. The van der Waals surface area contributed by atoms with Crippen molar-refractivity contribution in [1.82, 2.24) is 14.9 Å². The van der Waals surface area contributed by atoms with E-state index in [0.717, 1.165) is 0 Å². The number of hydrogen-bond acceptors (Lipinski definition) is 7. The summed E-state index contributed by atoms with van der Waals surface area (Å²) < 4.78 is 14.1. The largest absolute Gasteiger partial charge is 0.506 e. The van der Waals surface area contributed by atoms with Gasteiger partial charge in [0.1, 0.15) is 11.4 Å². The van der Waals surface area contributed by atoms with Crippen LogP contribution in [0.2, 0.25) is 0 Å². The van der Waals surface area contributed by atoms with Gasteiger partial charge in [0.05, 0.1) is 11.4 Å². The molecule has 23 heavy (non-hydrogen) atoms. The smallest absolute Gasteiger partial charge is 0.174 e. The van der Waals surface area contributed by atoms with Crippen molar-refractivity contribution in [1.29, 1.82) is 0 Å². The number of nitrogen functional groups attached to an aromatic ring is 1. The van der Waals surface area contributed by atoms with Crippen LogP contribution in [0.1, 0.15) is 5.69 Å². The van der Waals surface area contributed by atoms with Gasteiger partial charge in [-0.25, -0.2) is 14.4 Å². The van der Waals surface area contributed by atoms with E-state index in [1.54, 1.807) is 24.2 Å². The van der Waals surface area contributed by atoms with Crippen LogP contribution < -0.4 is 11.5 Å². The SMILES string of the molecule is CN1C(c2nc(-c3ccnc(N)c3F)ccc2O)=CC=NC1N. The Balaban J connectivity index is 2.12. The number of allylic oxidation sites excluding steroid dienone is 1. The van der Waals surface area contributed by atoms with E-state index < -0.39 is 12.1 Å². The van der Waals surface area contributed by atoms with Crippen molar-refractivity contribution in [3.05, 3.63) is 42.0 Å². The molecule has 3 rings (SSSR count). The minimum Gasteiger partial charge on any atom is -0.506 e. The zero-order chi connectivity index (χ0) is 16.6. The van der Waals surface area contributed by atoms with Gasteiger partial charge in [-0.15, -0.1) is 0 Å². The van der Waals surface area contributed by atoms with E-state index >= 15 is 0 Å². The minimum atomic E-state index is -0.652. The van der Waals surface area contributed by atoms with Gasteiger partial charge in [0.25, 0.3) is 0 Å². The van der Waals surface area contributed by atoms with Gasteiger partial charge in [0.15, 0.2) is 17.9 Å². The van der Waals surface area contributed by atoms with Gasteiger partial charge in [-0.2, -0.15) is 0 Å². The first-order chi connectivity index (χ1) is 11.0. The molecule has 0 saturated heterocycles. The van der Waals surface area contributed by atoms with Gasteiger partial charge in [0.2, 0.25) is 0 Å². The predicted octanol–water partition coefficient (Wildman–Crippen LogP) is 1.17. The molecular weight excluding hydrogens is 299 g/mol. The third-order valence-corrected chi connectivity index (χ3v) is 3.56. The Bertz CT molecular complexity index is 820. The molecule has 7 nitrogen and oxygen atoms in total. The number of aliphatic imine (C=N–C) groups is 1. The first kappa shape index (κ1) is 14.9. The lowest BCUT2D eigenvalue weighted by molar-refractivity contribution is 0.361. The molecule has 1 aliphatic heterocycles. The molecule has 118 valence electrons. The van der Waals surface area contributed by atoms with Crippen LogP contribution in [0.5, 0.6) is 5.75 Å².